The van der Waals surface area contributed by atoms with Gasteiger partial charge in [0, 0.05) is 40.8 Å². The Labute approximate surface area is 138 Å². The predicted molar refractivity (Wildman–Crippen MR) is 91.5 cm³/mol. The summed E-state index contributed by atoms with van der Waals surface area (Å²) in [5.74, 6) is 0.0457. The van der Waals surface area contributed by atoms with Gasteiger partial charge in [0.05, 0.1) is 0 Å². The van der Waals surface area contributed by atoms with Crippen molar-refractivity contribution in [3.05, 3.63) is 35.6 Å². The molecular weight excluding hydrogens is 308 g/mol. The first-order valence-electron chi connectivity index (χ1n) is 7.86. The molecule has 1 amide bonds. The molecule has 6 heteroatoms. The van der Waals surface area contributed by atoms with E-state index in [9.17, 15) is 4.79 Å². The lowest BCUT2D eigenvalue weighted by Gasteiger charge is -2.25. The molecule has 2 atom stereocenters. The van der Waals surface area contributed by atoms with E-state index in [0.717, 1.165) is 34.4 Å². The molecule has 5 nitrogen and oxygen atoms in total. The molecule has 1 N–H and O–H groups in total. The summed E-state index contributed by atoms with van der Waals surface area (Å²) in [5, 5.41) is 3.76. The van der Waals surface area contributed by atoms with Crippen LogP contribution in [0.15, 0.2) is 29.9 Å². The number of amides is 1. The van der Waals surface area contributed by atoms with E-state index >= 15 is 0 Å². The van der Waals surface area contributed by atoms with Crippen LogP contribution < -0.4 is 0 Å². The number of carbonyl (C=O) groups is 1. The van der Waals surface area contributed by atoms with Crippen molar-refractivity contribution in [2.24, 2.45) is 0 Å². The number of rotatable bonds is 2. The molecule has 1 aliphatic heterocycles. The molecule has 4 heterocycles. The van der Waals surface area contributed by atoms with Crippen molar-refractivity contribution in [3.63, 3.8) is 0 Å². The zero-order valence-electron chi connectivity index (χ0n) is 13.1. The van der Waals surface area contributed by atoms with Gasteiger partial charge in [-0.15, -0.1) is 11.3 Å². The van der Waals surface area contributed by atoms with Crippen LogP contribution in [0.2, 0.25) is 0 Å². The molecule has 4 rings (SSSR count). The number of hydrogen-bond acceptors (Lipinski definition) is 4. The third-order valence-corrected chi connectivity index (χ3v) is 5.48. The predicted octanol–water partition coefficient (Wildman–Crippen LogP) is 3.70. The Bertz CT molecular complexity index is 858. The average molecular weight is 326 g/mol. The summed E-state index contributed by atoms with van der Waals surface area (Å²) in [6, 6.07) is 4.52. The van der Waals surface area contributed by atoms with Crippen LogP contribution in [0.25, 0.3) is 21.6 Å². The molecule has 1 saturated heterocycles. The Balaban J connectivity index is 1.69. The second-order valence-electron chi connectivity index (χ2n) is 6.12. The zero-order chi connectivity index (χ0) is 16.0. The zero-order valence-corrected chi connectivity index (χ0v) is 13.9. The lowest BCUT2D eigenvalue weighted by atomic mass is 10.2. The van der Waals surface area contributed by atoms with Crippen molar-refractivity contribution >= 4 is 28.3 Å². The molecule has 0 saturated carbocycles. The van der Waals surface area contributed by atoms with Crippen LogP contribution in [-0.2, 0) is 0 Å². The summed E-state index contributed by atoms with van der Waals surface area (Å²) >= 11 is 1.51. The van der Waals surface area contributed by atoms with E-state index < -0.39 is 0 Å². The number of aromatic nitrogens is 3. The highest BCUT2D eigenvalue weighted by Crippen LogP contribution is 2.31. The maximum absolute atomic E-state index is 12.8. The third-order valence-electron chi connectivity index (χ3n) is 4.60. The van der Waals surface area contributed by atoms with Gasteiger partial charge in [-0.2, -0.15) is 0 Å². The van der Waals surface area contributed by atoms with E-state index in [4.69, 9.17) is 0 Å². The molecule has 1 aliphatic rings. The number of likely N-dealkylation sites (tertiary alicyclic amines) is 1. The minimum Gasteiger partial charge on any atom is -0.346 e. The average Bonchev–Trinajstić information content (AvgIpc) is 3.26. The smallest absolute Gasteiger partial charge is 0.273 e. The number of nitrogens with one attached hydrogen (secondary N) is 1. The number of aromatic amines is 1. The maximum atomic E-state index is 12.8. The highest BCUT2D eigenvalue weighted by atomic mass is 32.1. The first kappa shape index (κ1) is 14.4. The van der Waals surface area contributed by atoms with Gasteiger partial charge in [-0.3, -0.25) is 4.79 Å². The van der Waals surface area contributed by atoms with Gasteiger partial charge in [0.1, 0.15) is 16.3 Å². The lowest BCUT2D eigenvalue weighted by molar-refractivity contribution is 0.0687. The first-order valence-corrected chi connectivity index (χ1v) is 8.74. The fraction of sp³-hybridized carbons (Fsp3) is 0.353. The Kier molecular flexibility index (Phi) is 3.41. The molecule has 118 valence electrons. The van der Waals surface area contributed by atoms with E-state index in [1.807, 2.05) is 28.6 Å². The Morgan fingerprint density at radius 1 is 1.30 bits per heavy atom. The van der Waals surface area contributed by atoms with Gasteiger partial charge in [-0.25, -0.2) is 9.97 Å². The highest BCUT2D eigenvalue weighted by molar-refractivity contribution is 7.13. The summed E-state index contributed by atoms with van der Waals surface area (Å²) in [6.45, 7) is 4.22. The Morgan fingerprint density at radius 2 is 2.09 bits per heavy atom. The van der Waals surface area contributed by atoms with Crippen LogP contribution in [0.3, 0.4) is 0 Å². The molecule has 1 unspecified atom stereocenters. The van der Waals surface area contributed by atoms with Gasteiger partial charge in [-0.1, -0.05) is 0 Å². The Hall–Kier alpha value is -2.21. The molecular formula is C17H18N4OS. The van der Waals surface area contributed by atoms with Gasteiger partial charge in [0.2, 0.25) is 0 Å². The van der Waals surface area contributed by atoms with E-state index in [-0.39, 0.29) is 5.91 Å². The molecule has 0 aromatic carbocycles. The minimum atomic E-state index is 0.0457. The van der Waals surface area contributed by atoms with Crippen LogP contribution >= 0.6 is 11.3 Å². The van der Waals surface area contributed by atoms with E-state index in [0.29, 0.717) is 17.8 Å². The third kappa shape index (κ3) is 2.34. The van der Waals surface area contributed by atoms with Crippen LogP contribution in [0, 0.1) is 0 Å². The van der Waals surface area contributed by atoms with Crippen LogP contribution in [0.5, 0.6) is 0 Å². The minimum absolute atomic E-state index is 0.0457. The number of hydrogen-bond donors (Lipinski definition) is 1. The van der Waals surface area contributed by atoms with Gasteiger partial charge in [0.25, 0.3) is 5.91 Å². The van der Waals surface area contributed by atoms with Gasteiger partial charge < -0.3 is 9.88 Å². The standard InChI is InChI=1S/C17H18N4OS/c1-10-3-4-11(2)21(10)17(22)14-9-23-16(20-14)13-6-8-19-15-12(13)5-7-18-15/h5-11H,3-4H2,1-2H3,(H,18,19)/t10-,11?/m1/s1. The van der Waals surface area contributed by atoms with E-state index in [2.05, 4.69) is 28.8 Å². The van der Waals surface area contributed by atoms with Gasteiger partial charge >= 0.3 is 0 Å². The number of thiazole rings is 1. The van der Waals surface area contributed by atoms with Gasteiger partial charge in [0.15, 0.2) is 0 Å². The number of nitrogens with zero attached hydrogens (tertiary/aromatic N) is 3. The van der Waals surface area contributed by atoms with Gasteiger partial charge in [-0.05, 0) is 38.8 Å². The molecule has 1 fully saturated rings. The van der Waals surface area contributed by atoms with Crippen molar-refractivity contribution in [1.29, 1.82) is 0 Å². The van der Waals surface area contributed by atoms with Crippen LogP contribution in [-0.4, -0.2) is 37.8 Å². The number of pyridine rings is 1. The van der Waals surface area contributed by atoms with Crippen molar-refractivity contribution in [2.45, 2.75) is 38.8 Å². The van der Waals surface area contributed by atoms with Crippen molar-refractivity contribution < 1.29 is 4.79 Å². The molecule has 23 heavy (non-hydrogen) atoms. The second-order valence-corrected chi connectivity index (χ2v) is 6.98. The molecule has 3 aromatic heterocycles. The number of H-pyrrole nitrogens is 1. The normalized spacial score (nSPS) is 21.2. The largest absolute Gasteiger partial charge is 0.346 e. The number of carbonyl (C=O) groups excluding carboxylic acids is 1. The summed E-state index contributed by atoms with van der Waals surface area (Å²) in [5.41, 5.74) is 2.40. The van der Waals surface area contributed by atoms with Crippen molar-refractivity contribution in [3.8, 4) is 10.6 Å². The van der Waals surface area contributed by atoms with E-state index in [1.54, 1.807) is 6.20 Å². The monoisotopic (exact) mass is 326 g/mol. The molecule has 0 spiro atoms. The molecule has 0 aliphatic carbocycles. The quantitative estimate of drug-likeness (QED) is 0.781. The van der Waals surface area contributed by atoms with Crippen molar-refractivity contribution in [1.82, 2.24) is 19.9 Å². The molecule has 0 bridgehead atoms. The lowest BCUT2D eigenvalue weighted by Crippen LogP contribution is -2.38. The SMILES string of the molecule is CC1CC[C@@H](C)N1C(=O)c1csc(-c2ccnc3[nH]ccc23)n1. The van der Waals surface area contributed by atoms with E-state index in [1.165, 1.54) is 11.3 Å². The van der Waals surface area contributed by atoms with Crippen molar-refractivity contribution in [2.75, 3.05) is 0 Å². The summed E-state index contributed by atoms with van der Waals surface area (Å²) in [6.07, 6.45) is 5.77. The molecule has 0 radical (unpaired) electrons. The summed E-state index contributed by atoms with van der Waals surface area (Å²) in [4.78, 5) is 26.8. The topological polar surface area (TPSA) is 61.9 Å². The fourth-order valence-corrected chi connectivity index (χ4v) is 4.20. The molecule has 3 aromatic rings. The van der Waals surface area contributed by atoms with Crippen LogP contribution in [0.4, 0.5) is 0 Å². The summed E-state index contributed by atoms with van der Waals surface area (Å²) in [7, 11) is 0. The highest BCUT2D eigenvalue weighted by Gasteiger charge is 2.33. The maximum Gasteiger partial charge on any atom is 0.273 e. The first-order chi connectivity index (χ1) is 11.1. The second kappa shape index (κ2) is 5.45. The Morgan fingerprint density at radius 3 is 2.87 bits per heavy atom. The number of fused-ring (bicyclic) bond motifs is 1. The van der Waals surface area contributed by atoms with Crippen LogP contribution in [0.1, 0.15) is 37.2 Å². The summed E-state index contributed by atoms with van der Waals surface area (Å²) < 4.78 is 0. The fourth-order valence-electron chi connectivity index (χ4n) is 3.37.